The molecule has 0 amide bonds. The minimum atomic E-state index is -3.83. The van der Waals surface area contributed by atoms with Crippen molar-refractivity contribution in [3.8, 4) is 0 Å². The van der Waals surface area contributed by atoms with Gasteiger partial charge in [-0.1, -0.05) is 0 Å². The Morgan fingerprint density at radius 2 is 2.09 bits per heavy atom. The van der Waals surface area contributed by atoms with Crippen molar-refractivity contribution in [2.45, 2.75) is 30.7 Å². The fraction of sp³-hybridized carbons (Fsp3) is 0.538. The number of hydrogen-bond donors (Lipinski definition) is 1. The second kappa shape index (κ2) is 6.35. The van der Waals surface area contributed by atoms with Gasteiger partial charge in [-0.15, -0.1) is 11.3 Å². The summed E-state index contributed by atoms with van der Waals surface area (Å²) in [7, 11) is -2.60. The van der Waals surface area contributed by atoms with Crippen LogP contribution in [0.15, 0.2) is 16.3 Å². The van der Waals surface area contributed by atoms with Crippen LogP contribution in [0.3, 0.4) is 0 Å². The molecule has 1 aromatic heterocycles. The Morgan fingerprint density at radius 3 is 2.68 bits per heavy atom. The largest absolute Gasteiger partial charge is 0.481 e. The third kappa shape index (κ3) is 3.16. The summed E-state index contributed by atoms with van der Waals surface area (Å²) in [6, 6.07) is 0.991. The molecule has 0 aromatic carbocycles. The Balaban J connectivity index is 2.30. The Kier molecular flexibility index (Phi) is 4.88. The minimum Gasteiger partial charge on any atom is -0.481 e. The number of aliphatic carboxylic acids is 1. The fourth-order valence-electron chi connectivity index (χ4n) is 2.41. The van der Waals surface area contributed by atoms with Crippen LogP contribution >= 0.6 is 11.3 Å². The SMILES string of the molecule is COC(=O)c1cc(S(=O)(=O)N2CC(C(=O)O)CCC2C)cs1. The van der Waals surface area contributed by atoms with Gasteiger partial charge in [0.2, 0.25) is 10.0 Å². The molecule has 1 N–H and O–H groups in total. The Morgan fingerprint density at radius 1 is 1.41 bits per heavy atom. The number of thiophene rings is 1. The molecule has 1 saturated heterocycles. The van der Waals surface area contributed by atoms with E-state index in [4.69, 9.17) is 5.11 Å². The number of nitrogens with zero attached hydrogens (tertiary/aromatic N) is 1. The van der Waals surface area contributed by atoms with E-state index in [2.05, 4.69) is 4.74 Å². The summed E-state index contributed by atoms with van der Waals surface area (Å²) in [5.41, 5.74) is 0. The van der Waals surface area contributed by atoms with E-state index in [0.29, 0.717) is 12.8 Å². The van der Waals surface area contributed by atoms with Crippen molar-refractivity contribution in [2.75, 3.05) is 13.7 Å². The second-order valence-corrected chi connectivity index (χ2v) is 7.98. The molecule has 0 radical (unpaired) electrons. The molecule has 122 valence electrons. The van der Waals surface area contributed by atoms with Crippen molar-refractivity contribution < 1.29 is 27.9 Å². The maximum atomic E-state index is 12.7. The quantitative estimate of drug-likeness (QED) is 0.827. The van der Waals surface area contributed by atoms with E-state index in [9.17, 15) is 18.0 Å². The van der Waals surface area contributed by atoms with Crippen LogP contribution < -0.4 is 0 Å². The van der Waals surface area contributed by atoms with Gasteiger partial charge < -0.3 is 9.84 Å². The van der Waals surface area contributed by atoms with Gasteiger partial charge in [-0.2, -0.15) is 4.31 Å². The molecule has 0 saturated carbocycles. The van der Waals surface area contributed by atoms with Crippen LogP contribution in [0.2, 0.25) is 0 Å². The van der Waals surface area contributed by atoms with Crippen molar-refractivity contribution in [3.63, 3.8) is 0 Å². The lowest BCUT2D eigenvalue weighted by Gasteiger charge is -2.35. The minimum absolute atomic E-state index is 0.00390. The number of methoxy groups -OCH3 is 1. The van der Waals surface area contributed by atoms with Gasteiger partial charge in [-0.3, -0.25) is 4.79 Å². The van der Waals surface area contributed by atoms with Gasteiger partial charge in [0, 0.05) is 18.0 Å². The summed E-state index contributed by atoms with van der Waals surface area (Å²) in [6.45, 7) is 1.70. The monoisotopic (exact) mass is 347 g/mol. The van der Waals surface area contributed by atoms with Crippen LogP contribution in [0.5, 0.6) is 0 Å². The zero-order chi connectivity index (χ0) is 16.5. The molecule has 0 bridgehead atoms. The van der Waals surface area contributed by atoms with Gasteiger partial charge in [0.15, 0.2) is 0 Å². The highest BCUT2D eigenvalue weighted by atomic mass is 32.2. The molecule has 2 heterocycles. The van der Waals surface area contributed by atoms with Crippen LogP contribution in [-0.2, 0) is 19.6 Å². The van der Waals surface area contributed by atoms with Gasteiger partial charge >= 0.3 is 11.9 Å². The first-order valence-corrected chi connectivity index (χ1v) is 9.01. The molecule has 1 aliphatic heterocycles. The average molecular weight is 347 g/mol. The molecule has 1 aliphatic rings. The summed E-state index contributed by atoms with van der Waals surface area (Å²) in [5, 5.41) is 10.5. The number of ether oxygens (including phenoxy) is 1. The van der Waals surface area contributed by atoms with E-state index in [1.54, 1.807) is 6.92 Å². The third-order valence-corrected chi connectivity index (χ3v) is 6.76. The maximum Gasteiger partial charge on any atom is 0.348 e. The number of esters is 1. The number of piperidine rings is 1. The molecule has 1 aromatic rings. The first kappa shape index (κ1) is 16.9. The molecular weight excluding hydrogens is 330 g/mol. The van der Waals surface area contributed by atoms with Gasteiger partial charge in [-0.05, 0) is 25.8 Å². The summed E-state index contributed by atoms with van der Waals surface area (Å²) in [6.07, 6.45) is 0.948. The molecule has 0 aliphatic carbocycles. The number of carboxylic acids is 1. The average Bonchev–Trinajstić information content (AvgIpc) is 2.97. The first-order chi connectivity index (χ1) is 10.3. The molecule has 2 rings (SSSR count). The number of carbonyl (C=O) groups is 2. The predicted octanol–water partition coefficient (Wildman–Crippen LogP) is 1.41. The summed E-state index contributed by atoms with van der Waals surface area (Å²) >= 11 is 0.985. The lowest BCUT2D eigenvalue weighted by molar-refractivity contribution is -0.143. The van der Waals surface area contributed by atoms with Crippen LogP contribution in [0.25, 0.3) is 0 Å². The van der Waals surface area contributed by atoms with E-state index in [1.165, 1.54) is 22.9 Å². The van der Waals surface area contributed by atoms with E-state index < -0.39 is 27.9 Å². The topological polar surface area (TPSA) is 101 Å². The summed E-state index contributed by atoms with van der Waals surface area (Å²) < 4.78 is 31.1. The number of rotatable bonds is 4. The molecule has 2 unspecified atom stereocenters. The van der Waals surface area contributed by atoms with E-state index >= 15 is 0 Å². The predicted molar refractivity (Wildman–Crippen MR) is 79.4 cm³/mol. The van der Waals surface area contributed by atoms with Crippen LogP contribution in [-0.4, -0.2) is 49.5 Å². The van der Waals surface area contributed by atoms with Gasteiger partial charge in [-0.25, -0.2) is 13.2 Å². The van der Waals surface area contributed by atoms with Crippen LogP contribution in [0, 0.1) is 5.92 Å². The van der Waals surface area contributed by atoms with E-state index in [-0.39, 0.29) is 22.4 Å². The fourth-order valence-corrected chi connectivity index (χ4v) is 5.29. The molecular formula is C13H17NO6S2. The Hall–Kier alpha value is -1.45. The van der Waals surface area contributed by atoms with Gasteiger partial charge in [0.25, 0.3) is 0 Å². The molecule has 22 heavy (non-hydrogen) atoms. The smallest absolute Gasteiger partial charge is 0.348 e. The van der Waals surface area contributed by atoms with Gasteiger partial charge in [0.1, 0.15) is 4.88 Å². The lowest BCUT2D eigenvalue weighted by Crippen LogP contribution is -2.47. The standard InChI is InChI=1S/C13H17NO6S2/c1-8-3-4-9(12(15)16)6-14(8)22(18,19)10-5-11(21-7-10)13(17)20-2/h5,7-9H,3-4,6H2,1-2H3,(H,15,16). The first-order valence-electron chi connectivity index (χ1n) is 6.69. The molecule has 2 atom stereocenters. The van der Waals surface area contributed by atoms with Crippen LogP contribution in [0.1, 0.15) is 29.4 Å². The third-order valence-electron chi connectivity index (χ3n) is 3.74. The highest BCUT2D eigenvalue weighted by molar-refractivity contribution is 7.89. The Bertz CT molecular complexity index is 680. The highest BCUT2D eigenvalue weighted by Crippen LogP contribution is 2.30. The normalized spacial score (nSPS) is 23.2. The zero-order valence-corrected chi connectivity index (χ0v) is 13.8. The molecule has 0 spiro atoms. The second-order valence-electron chi connectivity index (χ2n) is 5.17. The lowest BCUT2D eigenvalue weighted by atomic mass is 9.96. The molecule has 1 fully saturated rings. The summed E-state index contributed by atoms with van der Waals surface area (Å²) in [5.74, 6) is -2.29. The van der Waals surface area contributed by atoms with Crippen molar-refractivity contribution in [2.24, 2.45) is 5.92 Å². The highest BCUT2D eigenvalue weighted by Gasteiger charge is 2.38. The number of carbonyl (C=O) groups excluding carboxylic acids is 1. The molecule has 7 nitrogen and oxygen atoms in total. The van der Waals surface area contributed by atoms with E-state index in [0.717, 1.165) is 11.3 Å². The number of carboxylic acid groups (broad SMARTS) is 1. The van der Waals surface area contributed by atoms with Crippen molar-refractivity contribution in [1.29, 1.82) is 0 Å². The maximum absolute atomic E-state index is 12.7. The summed E-state index contributed by atoms with van der Waals surface area (Å²) in [4.78, 5) is 22.8. The zero-order valence-electron chi connectivity index (χ0n) is 12.2. The Labute approximate surface area is 132 Å². The van der Waals surface area contributed by atoms with Crippen LogP contribution in [0.4, 0.5) is 0 Å². The van der Waals surface area contributed by atoms with E-state index in [1.807, 2.05) is 0 Å². The number of sulfonamides is 1. The van der Waals surface area contributed by atoms with Crippen molar-refractivity contribution in [3.05, 3.63) is 16.3 Å². The van der Waals surface area contributed by atoms with Crippen molar-refractivity contribution in [1.82, 2.24) is 4.31 Å². The molecule has 9 heteroatoms. The van der Waals surface area contributed by atoms with Crippen molar-refractivity contribution >= 4 is 33.3 Å². The van der Waals surface area contributed by atoms with Gasteiger partial charge in [0.05, 0.1) is 17.9 Å². The number of hydrogen-bond acceptors (Lipinski definition) is 6.